The Morgan fingerprint density at radius 2 is 1.33 bits per heavy atom. The van der Waals surface area contributed by atoms with Gasteiger partial charge in [0.05, 0.1) is 9.91 Å². The van der Waals surface area contributed by atoms with Crippen molar-refractivity contribution in [1.29, 1.82) is 0 Å². The molecule has 2 atom stereocenters. The van der Waals surface area contributed by atoms with Crippen molar-refractivity contribution in [3.8, 4) is 0 Å². The second kappa shape index (κ2) is 4.64. The fourth-order valence-corrected chi connectivity index (χ4v) is 4.12. The summed E-state index contributed by atoms with van der Waals surface area (Å²) in [4.78, 5) is -0.440. The molecule has 0 radical (unpaired) electrons. The number of alkyl halides is 1. The highest BCUT2D eigenvalue weighted by Gasteiger charge is 2.65. The maximum absolute atomic E-state index is 6.55. The van der Waals surface area contributed by atoms with Crippen LogP contribution in [0.25, 0.3) is 0 Å². The van der Waals surface area contributed by atoms with Crippen LogP contribution in [0, 0.1) is 11.8 Å². The Hall–Kier alpha value is 0.900. The van der Waals surface area contributed by atoms with Crippen molar-refractivity contribution in [2.75, 3.05) is 0 Å². The Balaban J connectivity index is 2.14. The molecule has 4 heteroatoms. The van der Waals surface area contributed by atoms with E-state index in [1.807, 2.05) is 0 Å². The maximum Gasteiger partial charge on any atom is 0.123 e. The Kier molecular flexibility index (Phi) is 3.83. The summed E-state index contributed by atoms with van der Waals surface area (Å²) in [6.45, 7) is 0. The summed E-state index contributed by atoms with van der Waals surface area (Å²) in [7, 11) is 0. The first-order valence-corrected chi connectivity index (χ1v) is 6.99. The summed E-state index contributed by atoms with van der Waals surface area (Å²) in [5, 5.41) is 0.462. The highest BCUT2D eigenvalue weighted by molar-refractivity contribution is 6.60. The van der Waals surface area contributed by atoms with E-state index in [-0.39, 0.29) is 4.49 Å². The molecule has 0 saturated heterocycles. The number of allylic oxidation sites excluding steroid dienone is 1. The van der Waals surface area contributed by atoms with Crippen molar-refractivity contribution in [1.82, 2.24) is 0 Å². The highest BCUT2D eigenvalue weighted by Crippen LogP contribution is 2.66. The molecule has 0 N–H and O–H groups in total. The van der Waals surface area contributed by atoms with E-state index in [1.54, 1.807) is 0 Å². The predicted molar refractivity (Wildman–Crippen MR) is 67.9 cm³/mol. The lowest BCUT2D eigenvalue weighted by atomic mass is 10.0. The standard InChI is InChI=1S/C11H14Cl4/c12-9(10(13)14)11(15)7-5-3-1-2-4-6-8(7)11/h7-8H,1-6H2. The second-order valence-electron chi connectivity index (χ2n) is 4.55. The van der Waals surface area contributed by atoms with Crippen molar-refractivity contribution < 1.29 is 0 Å². The molecule has 2 aliphatic carbocycles. The molecule has 0 aromatic rings. The van der Waals surface area contributed by atoms with Gasteiger partial charge >= 0.3 is 0 Å². The molecule has 2 rings (SSSR count). The van der Waals surface area contributed by atoms with Gasteiger partial charge in [-0.2, -0.15) is 0 Å². The van der Waals surface area contributed by atoms with Crippen LogP contribution < -0.4 is 0 Å². The minimum absolute atomic E-state index is 0.137. The van der Waals surface area contributed by atoms with Gasteiger partial charge in [-0.15, -0.1) is 11.6 Å². The first-order valence-electron chi connectivity index (χ1n) is 5.48. The second-order valence-corrected chi connectivity index (χ2v) is 6.50. The van der Waals surface area contributed by atoms with Gasteiger partial charge in [-0.05, 0) is 24.7 Å². The first kappa shape index (κ1) is 12.4. The Labute approximate surface area is 111 Å². The molecule has 2 fully saturated rings. The SMILES string of the molecule is ClC(Cl)=C(Cl)C1(Cl)C2CCCCCCC21. The van der Waals surface area contributed by atoms with Crippen LogP contribution in [0.4, 0.5) is 0 Å². The maximum atomic E-state index is 6.55. The van der Waals surface area contributed by atoms with Crippen molar-refractivity contribution in [3.05, 3.63) is 9.52 Å². The zero-order valence-corrected chi connectivity index (χ0v) is 11.4. The lowest BCUT2D eigenvalue weighted by Gasteiger charge is -2.08. The number of fused-ring (bicyclic) bond motifs is 1. The van der Waals surface area contributed by atoms with Crippen LogP contribution >= 0.6 is 46.4 Å². The van der Waals surface area contributed by atoms with Crippen molar-refractivity contribution in [2.24, 2.45) is 11.8 Å². The molecular weight excluding hydrogens is 274 g/mol. The zero-order chi connectivity index (χ0) is 11.1. The fraction of sp³-hybridized carbons (Fsp3) is 0.818. The molecule has 0 aromatic carbocycles. The summed E-state index contributed by atoms with van der Waals surface area (Å²) in [6.07, 6.45) is 7.44. The van der Waals surface area contributed by atoms with E-state index in [0.717, 1.165) is 12.8 Å². The molecule has 0 aromatic heterocycles. The predicted octanol–water partition coefficient (Wildman–Crippen LogP) is 5.45. The zero-order valence-electron chi connectivity index (χ0n) is 8.41. The molecule has 0 nitrogen and oxygen atoms in total. The Bertz CT molecular complexity index is 266. The fourth-order valence-electron chi connectivity index (χ4n) is 2.87. The lowest BCUT2D eigenvalue weighted by Crippen LogP contribution is -2.05. The van der Waals surface area contributed by atoms with E-state index >= 15 is 0 Å². The van der Waals surface area contributed by atoms with Gasteiger partial charge in [0.1, 0.15) is 4.49 Å². The van der Waals surface area contributed by atoms with Crippen molar-refractivity contribution >= 4 is 46.4 Å². The van der Waals surface area contributed by atoms with Gasteiger partial charge in [-0.3, -0.25) is 0 Å². The number of rotatable bonds is 1. The lowest BCUT2D eigenvalue weighted by molar-refractivity contribution is 0.485. The average Bonchev–Trinajstić information content (AvgIpc) is 2.68. The van der Waals surface area contributed by atoms with Crippen molar-refractivity contribution in [2.45, 2.75) is 43.4 Å². The van der Waals surface area contributed by atoms with Gasteiger partial charge in [0.15, 0.2) is 0 Å². The van der Waals surface area contributed by atoms with Gasteiger partial charge in [0.25, 0.3) is 0 Å². The summed E-state index contributed by atoms with van der Waals surface area (Å²) in [6, 6.07) is 0. The van der Waals surface area contributed by atoms with Gasteiger partial charge in [-0.25, -0.2) is 0 Å². The van der Waals surface area contributed by atoms with Crippen LogP contribution in [-0.2, 0) is 0 Å². The molecule has 0 heterocycles. The molecular formula is C11H14Cl4. The van der Waals surface area contributed by atoms with E-state index in [0.29, 0.717) is 16.9 Å². The molecule has 0 aliphatic heterocycles. The van der Waals surface area contributed by atoms with Crippen LogP contribution in [0.2, 0.25) is 0 Å². The normalized spacial score (nSPS) is 40.0. The van der Waals surface area contributed by atoms with E-state index in [4.69, 9.17) is 46.4 Å². The summed E-state index contributed by atoms with van der Waals surface area (Å²) >= 11 is 24.1. The minimum atomic E-state index is -0.440. The third kappa shape index (κ3) is 2.16. The molecule has 0 spiro atoms. The highest BCUT2D eigenvalue weighted by atomic mass is 35.5. The summed E-state index contributed by atoms with van der Waals surface area (Å²) < 4.78 is 0.137. The van der Waals surface area contributed by atoms with E-state index in [2.05, 4.69) is 0 Å². The van der Waals surface area contributed by atoms with Gasteiger partial charge in [0, 0.05) is 0 Å². The third-order valence-corrected chi connectivity index (χ3v) is 5.66. The minimum Gasteiger partial charge on any atom is -0.112 e. The number of hydrogen-bond acceptors (Lipinski definition) is 0. The van der Waals surface area contributed by atoms with Crippen LogP contribution in [-0.4, -0.2) is 4.87 Å². The van der Waals surface area contributed by atoms with E-state index < -0.39 is 4.87 Å². The van der Waals surface area contributed by atoms with Crippen LogP contribution in [0.3, 0.4) is 0 Å². The average molecular weight is 288 g/mol. The molecule has 2 aliphatic rings. The monoisotopic (exact) mass is 286 g/mol. The summed E-state index contributed by atoms with van der Waals surface area (Å²) in [5.41, 5.74) is 0. The topological polar surface area (TPSA) is 0 Å². The van der Waals surface area contributed by atoms with E-state index in [1.165, 1.54) is 25.7 Å². The molecule has 15 heavy (non-hydrogen) atoms. The Morgan fingerprint density at radius 3 is 1.73 bits per heavy atom. The van der Waals surface area contributed by atoms with Crippen LogP contribution in [0.15, 0.2) is 9.52 Å². The van der Waals surface area contributed by atoms with Gasteiger partial charge < -0.3 is 0 Å². The largest absolute Gasteiger partial charge is 0.123 e. The first-order chi connectivity index (χ1) is 7.08. The van der Waals surface area contributed by atoms with E-state index in [9.17, 15) is 0 Å². The van der Waals surface area contributed by atoms with Crippen LogP contribution in [0.1, 0.15) is 38.5 Å². The van der Waals surface area contributed by atoms with Crippen molar-refractivity contribution in [3.63, 3.8) is 0 Å². The third-order valence-electron chi connectivity index (χ3n) is 3.74. The van der Waals surface area contributed by atoms with Crippen LogP contribution in [0.5, 0.6) is 0 Å². The quantitative estimate of drug-likeness (QED) is 0.563. The molecule has 0 bridgehead atoms. The summed E-state index contributed by atoms with van der Waals surface area (Å²) in [5.74, 6) is 0.971. The molecule has 2 unspecified atom stereocenters. The van der Waals surface area contributed by atoms with Gasteiger partial charge in [-0.1, -0.05) is 60.5 Å². The molecule has 0 amide bonds. The smallest absolute Gasteiger partial charge is 0.112 e. The van der Waals surface area contributed by atoms with Gasteiger partial charge in [0.2, 0.25) is 0 Å². The molecule has 86 valence electrons. The Morgan fingerprint density at radius 1 is 0.867 bits per heavy atom. The molecule has 2 saturated carbocycles. The number of hydrogen-bond donors (Lipinski definition) is 0. The number of halogens is 4.